The molecule has 1 unspecified atom stereocenters. The first kappa shape index (κ1) is 7.17. The molecule has 4 nitrogen and oxygen atoms in total. The van der Waals surface area contributed by atoms with Gasteiger partial charge in [0.2, 0.25) is 0 Å². The van der Waals surface area contributed by atoms with Crippen LogP contribution >= 0.6 is 0 Å². The number of carbonyl (C=O) groups excluding carboxylic acids is 1. The largest absolute Gasteiger partial charge is 0.493 e. The second kappa shape index (κ2) is 8.36. The zero-order valence-corrected chi connectivity index (χ0v) is 14.7. The van der Waals surface area contributed by atoms with E-state index in [9.17, 15) is 4.79 Å². The molecule has 0 saturated carbocycles. The molecule has 0 N–H and O–H groups in total. The SMILES string of the molecule is [2H]c1c2c(c([2H])c(OC([2H])([2H])[2H])c1OC([2H])([2H])[2H])C(=O)C([2H])(CC1([2H])C([2H])([2H])C([2H])([2H])N(Cc3ccccc3)C([2H])([2H])C1([2H])[2H])C2. The highest BCUT2D eigenvalue weighted by atomic mass is 16.5. The van der Waals surface area contributed by atoms with Gasteiger partial charge in [0.25, 0.3) is 0 Å². The van der Waals surface area contributed by atoms with Gasteiger partial charge in [-0.15, -0.1) is 0 Å². The van der Waals surface area contributed by atoms with Crippen LogP contribution in [0.15, 0.2) is 42.4 Å². The highest BCUT2D eigenvalue weighted by molar-refractivity contribution is 6.02. The van der Waals surface area contributed by atoms with Crippen LogP contribution in [0, 0.1) is 11.8 Å². The van der Waals surface area contributed by atoms with E-state index in [2.05, 4.69) is 0 Å². The van der Waals surface area contributed by atoms with Crippen molar-refractivity contribution >= 4 is 5.78 Å². The van der Waals surface area contributed by atoms with Gasteiger partial charge in [-0.1, -0.05) is 30.3 Å². The first-order valence-corrected chi connectivity index (χ1v) is 8.46. The van der Waals surface area contributed by atoms with Crippen molar-refractivity contribution in [1.29, 1.82) is 0 Å². The predicted octanol–water partition coefficient (Wildman–Crippen LogP) is 4.36. The summed E-state index contributed by atoms with van der Waals surface area (Å²) < 4.78 is 159. The van der Waals surface area contributed by atoms with Crippen molar-refractivity contribution in [2.75, 3.05) is 27.1 Å². The average molecular weight is 398 g/mol. The van der Waals surface area contributed by atoms with E-state index in [0.717, 1.165) is 0 Å². The number of carbonyl (C=O) groups is 1. The molecule has 1 saturated heterocycles. The lowest BCUT2D eigenvalue weighted by Gasteiger charge is -2.32. The summed E-state index contributed by atoms with van der Waals surface area (Å²) in [7, 11) is -6.63. The van der Waals surface area contributed by atoms with Crippen molar-refractivity contribution in [2.45, 2.75) is 32.1 Å². The minimum absolute atomic E-state index is 0.300. The number of rotatable bonds is 6. The Bertz CT molecular complexity index is 1510. The highest BCUT2D eigenvalue weighted by Gasteiger charge is 2.34. The van der Waals surface area contributed by atoms with Crippen molar-refractivity contribution in [3.05, 3.63) is 59.1 Å². The Morgan fingerprint density at radius 1 is 1.18 bits per heavy atom. The van der Waals surface area contributed by atoms with Gasteiger partial charge in [-0.2, -0.15) is 0 Å². The Labute approximate surface area is 192 Å². The van der Waals surface area contributed by atoms with Gasteiger partial charge in [0.1, 0.15) is 0 Å². The van der Waals surface area contributed by atoms with Crippen molar-refractivity contribution in [3.8, 4) is 11.5 Å². The molecule has 4 heteroatoms. The Kier molecular flexibility index (Phi) is 2.14. The molecule has 1 heterocycles. The summed E-state index contributed by atoms with van der Waals surface area (Å²) in [5.74, 6) is -9.96. The Morgan fingerprint density at radius 3 is 2.61 bits per heavy atom. The summed E-state index contributed by atoms with van der Waals surface area (Å²) in [6.07, 6.45) is -9.68. The fourth-order valence-electron chi connectivity index (χ4n) is 3.06. The predicted molar refractivity (Wildman–Crippen MR) is 110 cm³/mol. The third-order valence-electron chi connectivity index (χ3n) is 4.41. The molecule has 0 aromatic heterocycles. The van der Waals surface area contributed by atoms with Crippen LogP contribution in [0.5, 0.6) is 11.5 Å². The van der Waals surface area contributed by atoms with Gasteiger partial charge in [0.05, 0.1) is 25.0 Å². The third-order valence-corrected chi connectivity index (χ3v) is 4.41. The fraction of sp³-hybridized carbons (Fsp3) is 0.458. The molecule has 2 aromatic rings. The topological polar surface area (TPSA) is 38.8 Å². The summed E-state index contributed by atoms with van der Waals surface area (Å²) in [5, 5.41) is 0. The normalized spacial score (nSPS) is 41.5. The van der Waals surface area contributed by atoms with Crippen molar-refractivity contribution in [2.24, 2.45) is 11.8 Å². The number of benzene rings is 2. The number of nitrogens with zero attached hydrogens (tertiary/aromatic N) is 1. The number of piperidine rings is 1. The number of likely N-dealkylation sites (tertiary alicyclic amines) is 1. The van der Waals surface area contributed by atoms with Crippen molar-refractivity contribution in [1.82, 2.24) is 4.90 Å². The molecule has 4 rings (SSSR count). The standard InChI is InChI=1S/C24H29NO3/c1-27-22-14-19-13-20(24(26)21(19)15-23(22)28-2)12-17-8-10-25(11-9-17)16-18-6-4-3-5-7-18/h3-7,14-15,17,20H,8-13,16H2,1-2H3/i1D3,2D3,8D2,9D2,10D2,11D2,14D,15D,17D,20D. The Hall–Kier alpha value is -2.33. The zero-order chi connectivity index (χ0) is 35.3. The summed E-state index contributed by atoms with van der Waals surface area (Å²) >= 11 is 0. The molecule has 2 aliphatic rings. The molecule has 0 spiro atoms. The first-order chi connectivity index (χ1) is 20.6. The van der Waals surface area contributed by atoms with Gasteiger partial charge >= 0.3 is 0 Å². The maximum atomic E-state index is 13.8. The first-order valence-electron chi connectivity index (χ1n) is 17.5. The van der Waals surface area contributed by atoms with E-state index in [0.29, 0.717) is 10.5 Å². The Morgan fingerprint density at radius 2 is 1.89 bits per heavy atom. The fourth-order valence-corrected chi connectivity index (χ4v) is 3.06. The molecule has 2 aromatic carbocycles. The molecule has 1 fully saturated rings. The van der Waals surface area contributed by atoms with Crippen LogP contribution in [-0.2, 0) is 13.0 Å². The van der Waals surface area contributed by atoms with Crippen molar-refractivity contribution in [3.63, 3.8) is 0 Å². The van der Waals surface area contributed by atoms with E-state index < -0.39 is 111 Å². The molecule has 0 bridgehead atoms. The molecular weight excluding hydrogens is 350 g/mol. The molecule has 28 heavy (non-hydrogen) atoms. The molecule has 1 aliphatic carbocycles. The zero-order valence-electron chi connectivity index (χ0n) is 32.7. The minimum atomic E-state index is -3.62. The lowest BCUT2D eigenvalue weighted by Crippen LogP contribution is -2.34. The molecule has 0 amide bonds. The van der Waals surface area contributed by atoms with Gasteiger partial charge in [-0.25, -0.2) is 0 Å². The van der Waals surface area contributed by atoms with Crippen molar-refractivity contribution < 1.29 is 38.9 Å². The van der Waals surface area contributed by atoms with E-state index in [4.69, 9.17) is 34.1 Å². The number of hydrogen-bond acceptors (Lipinski definition) is 4. The summed E-state index contributed by atoms with van der Waals surface area (Å²) in [5.41, 5.74) is -1.04. The van der Waals surface area contributed by atoms with E-state index in [-0.39, 0.29) is 0 Å². The van der Waals surface area contributed by atoms with Crippen LogP contribution < -0.4 is 9.47 Å². The number of hydrogen-bond donors (Lipinski definition) is 0. The van der Waals surface area contributed by atoms with Gasteiger partial charge in [-0.05, 0) is 67.7 Å². The van der Waals surface area contributed by atoms with Crippen LogP contribution in [-0.4, -0.2) is 37.8 Å². The molecule has 0 radical (unpaired) electrons. The summed E-state index contributed by atoms with van der Waals surface area (Å²) in [4.78, 5) is 14.1. The maximum absolute atomic E-state index is 13.8. The third kappa shape index (κ3) is 3.93. The maximum Gasteiger partial charge on any atom is 0.166 e. The highest BCUT2D eigenvalue weighted by Crippen LogP contribution is 2.39. The second-order valence-electron chi connectivity index (χ2n) is 6.28. The van der Waals surface area contributed by atoms with Gasteiger partial charge in [-0.3, -0.25) is 9.69 Å². The molecule has 1 aliphatic heterocycles. The molecular formula is C24H29NO3. The number of Topliss-reactive ketones (excluding diaryl/α,β-unsaturated/α-hetero) is 1. The lowest BCUT2D eigenvalue weighted by atomic mass is 9.85. The number of ether oxygens (including phenoxy) is 2. The summed E-state index contributed by atoms with van der Waals surface area (Å²) in [6.45, 7) is -7.43. The van der Waals surface area contributed by atoms with E-state index in [1.165, 1.54) is 12.1 Å². The van der Waals surface area contributed by atoms with Crippen LogP contribution in [0.3, 0.4) is 0 Å². The smallest absolute Gasteiger partial charge is 0.166 e. The number of fused-ring (bicyclic) bond motifs is 1. The number of ketones is 1. The van der Waals surface area contributed by atoms with Gasteiger partial charge in [0, 0.05) is 31.7 Å². The van der Waals surface area contributed by atoms with Crippen LogP contribution in [0.2, 0.25) is 0 Å². The van der Waals surface area contributed by atoms with Crippen LogP contribution in [0.1, 0.15) is 65.3 Å². The monoisotopic (exact) mass is 397 g/mol. The lowest BCUT2D eigenvalue weighted by molar-refractivity contribution is 0.0895. The average Bonchev–Trinajstić information content (AvgIpc) is 3.16. The van der Waals surface area contributed by atoms with Gasteiger partial charge in [0.15, 0.2) is 17.3 Å². The molecule has 148 valence electrons. The van der Waals surface area contributed by atoms with E-state index in [1.807, 2.05) is 0 Å². The van der Waals surface area contributed by atoms with Gasteiger partial charge < -0.3 is 9.47 Å². The van der Waals surface area contributed by atoms with E-state index in [1.54, 1.807) is 18.2 Å². The second-order valence-corrected chi connectivity index (χ2v) is 6.28. The minimum Gasteiger partial charge on any atom is -0.493 e. The quantitative estimate of drug-likeness (QED) is 0.726. The number of methoxy groups -OCH3 is 2. The van der Waals surface area contributed by atoms with Crippen LogP contribution in [0.4, 0.5) is 0 Å². The summed E-state index contributed by atoms with van der Waals surface area (Å²) in [6, 6.07) is 5.66. The van der Waals surface area contributed by atoms with E-state index >= 15 is 0 Å². The Balaban J connectivity index is 1.86. The molecule has 1 atom stereocenters. The van der Waals surface area contributed by atoms with Crippen LogP contribution in [0.25, 0.3) is 0 Å².